The molecule has 0 saturated carbocycles. The third-order valence-electron chi connectivity index (χ3n) is 2.75. The van der Waals surface area contributed by atoms with Gasteiger partial charge >= 0.3 is 0 Å². The van der Waals surface area contributed by atoms with Crippen LogP contribution < -0.4 is 0 Å². The summed E-state index contributed by atoms with van der Waals surface area (Å²) < 4.78 is 0. The van der Waals surface area contributed by atoms with Gasteiger partial charge in [0.05, 0.1) is 10.7 Å². The minimum atomic E-state index is 0.209. The van der Waals surface area contributed by atoms with E-state index in [1.54, 1.807) is 11.3 Å². The Bertz CT molecular complexity index is 464. The van der Waals surface area contributed by atoms with Crippen LogP contribution >= 0.6 is 11.3 Å². The second-order valence-corrected chi connectivity index (χ2v) is 5.24. The summed E-state index contributed by atoms with van der Waals surface area (Å²) in [5, 5.41) is 10.1. The summed E-state index contributed by atoms with van der Waals surface area (Å²) in [5.41, 5.74) is 2.43. The molecule has 2 nitrogen and oxygen atoms in total. The average Bonchev–Trinajstić information content (AvgIpc) is 2.70. The third-order valence-corrected chi connectivity index (χ3v) is 4.02. The zero-order valence-electron chi connectivity index (χ0n) is 10.0. The Morgan fingerprint density at radius 1 is 1.12 bits per heavy atom. The van der Waals surface area contributed by atoms with E-state index in [9.17, 15) is 0 Å². The van der Waals surface area contributed by atoms with Gasteiger partial charge in [0.25, 0.3) is 0 Å². The first-order valence-electron chi connectivity index (χ1n) is 5.89. The van der Waals surface area contributed by atoms with Crippen molar-refractivity contribution in [2.75, 3.05) is 6.61 Å². The highest BCUT2D eigenvalue weighted by molar-refractivity contribution is 7.11. The number of aliphatic hydroxyl groups is 1. The molecule has 0 aliphatic rings. The van der Waals surface area contributed by atoms with Crippen molar-refractivity contribution in [3.05, 3.63) is 51.5 Å². The van der Waals surface area contributed by atoms with E-state index in [0.29, 0.717) is 0 Å². The Kier molecular flexibility index (Phi) is 4.29. The van der Waals surface area contributed by atoms with Gasteiger partial charge in [-0.15, -0.1) is 11.3 Å². The molecule has 0 spiro atoms. The van der Waals surface area contributed by atoms with Gasteiger partial charge in [-0.25, -0.2) is 4.98 Å². The Hall–Kier alpha value is -1.19. The second-order valence-electron chi connectivity index (χ2n) is 4.08. The molecule has 0 aliphatic carbocycles. The van der Waals surface area contributed by atoms with Gasteiger partial charge in [-0.1, -0.05) is 30.3 Å². The molecule has 0 saturated heterocycles. The standard InChI is InChI=1S/C14H17NOS/c1-11-13(9-10-16)17-14(15-11)8-7-12-5-3-2-4-6-12/h2-6,16H,7-10H2,1H3. The summed E-state index contributed by atoms with van der Waals surface area (Å²) in [5.74, 6) is 0. The number of hydrogen-bond acceptors (Lipinski definition) is 3. The molecule has 2 rings (SSSR count). The van der Waals surface area contributed by atoms with Gasteiger partial charge in [0.2, 0.25) is 0 Å². The Morgan fingerprint density at radius 2 is 1.88 bits per heavy atom. The van der Waals surface area contributed by atoms with Crippen molar-refractivity contribution < 1.29 is 5.11 Å². The summed E-state index contributed by atoms with van der Waals surface area (Å²) in [6.07, 6.45) is 2.75. The van der Waals surface area contributed by atoms with Crippen LogP contribution in [0, 0.1) is 6.92 Å². The van der Waals surface area contributed by atoms with Crippen molar-refractivity contribution in [2.45, 2.75) is 26.2 Å². The van der Waals surface area contributed by atoms with Gasteiger partial charge in [-0.2, -0.15) is 0 Å². The van der Waals surface area contributed by atoms with Crippen LogP contribution in [-0.2, 0) is 19.3 Å². The molecule has 1 N–H and O–H groups in total. The fourth-order valence-electron chi connectivity index (χ4n) is 1.82. The number of benzene rings is 1. The zero-order chi connectivity index (χ0) is 12.1. The minimum Gasteiger partial charge on any atom is -0.396 e. The normalized spacial score (nSPS) is 10.7. The highest BCUT2D eigenvalue weighted by atomic mass is 32.1. The molecule has 17 heavy (non-hydrogen) atoms. The van der Waals surface area contributed by atoms with Gasteiger partial charge < -0.3 is 5.11 Å². The van der Waals surface area contributed by atoms with Crippen LogP contribution in [0.3, 0.4) is 0 Å². The maximum Gasteiger partial charge on any atom is 0.0934 e. The topological polar surface area (TPSA) is 33.1 Å². The van der Waals surface area contributed by atoms with E-state index in [1.165, 1.54) is 15.4 Å². The molecule has 1 heterocycles. The number of aliphatic hydroxyl groups excluding tert-OH is 1. The van der Waals surface area contributed by atoms with E-state index in [4.69, 9.17) is 5.11 Å². The highest BCUT2D eigenvalue weighted by Gasteiger charge is 2.06. The van der Waals surface area contributed by atoms with Crippen molar-refractivity contribution in [2.24, 2.45) is 0 Å². The molecule has 0 radical (unpaired) electrons. The largest absolute Gasteiger partial charge is 0.396 e. The fourth-order valence-corrected chi connectivity index (χ4v) is 2.88. The van der Waals surface area contributed by atoms with Crippen molar-refractivity contribution in [1.82, 2.24) is 4.98 Å². The number of thiazole rings is 1. The van der Waals surface area contributed by atoms with Gasteiger partial charge in [0.15, 0.2) is 0 Å². The second kappa shape index (κ2) is 5.94. The summed E-state index contributed by atoms with van der Waals surface area (Å²) in [6.45, 7) is 2.23. The Balaban J connectivity index is 1.97. The molecular formula is C14H17NOS. The number of hydrogen-bond donors (Lipinski definition) is 1. The van der Waals surface area contributed by atoms with Crippen LogP contribution in [-0.4, -0.2) is 16.7 Å². The first-order chi connectivity index (χ1) is 8.29. The third kappa shape index (κ3) is 3.38. The van der Waals surface area contributed by atoms with Crippen molar-refractivity contribution in [3.63, 3.8) is 0 Å². The predicted molar refractivity (Wildman–Crippen MR) is 71.5 cm³/mol. The van der Waals surface area contributed by atoms with Gasteiger partial charge in [-0.05, 0) is 18.9 Å². The van der Waals surface area contributed by atoms with Crippen LogP contribution in [0.1, 0.15) is 21.1 Å². The first kappa shape index (κ1) is 12.3. The fraction of sp³-hybridized carbons (Fsp3) is 0.357. The number of aromatic nitrogens is 1. The number of rotatable bonds is 5. The van der Waals surface area contributed by atoms with Crippen molar-refractivity contribution in [3.8, 4) is 0 Å². The van der Waals surface area contributed by atoms with Gasteiger partial charge in [0.1, 0.15) is 0 Å². The zero-order valence-corrected chi connectivity index (χ0v) is 10.8. The molecule has 0 aliphatic heterocycles. The van der Waals surface area contributed by atoms with E-state index in [0.717, 1.165) is 25.0 Å². The monoisotopic (exact) mass is 247 g/mol. The Morgan fingerprint density at radius 3 is 2.59 bits per heavy atom. The summed E-state index contributed by atoms with van der Waals surface area (Å²) in [6, 6.07) is 10.5. The molecule has 0 atom stereocenters. The number of nitrogens with zero attached hydrogens (tertiary/aromatic N) is 1. The van der Waals surface area contributed by atoms with E-state index in [2.05, 4.69) is 29.2 Å². The van der Waals surface area contributed by atoms with Crippen LogP contribution in [0.5, 0.6) is 0 Å². The van der Waals surface area contributed by atoms with Crippen molar-refractivity contribution >= 4 is 11.3 Å². The predicted octanol–water partition coefficient (Wildman–Crippen LogP) is 2.77. The molecule has 1 aromatic carbocycles. The summed E-state index contributed by atoms with van der Waals surface area (Å²) in [4.78, 5) is 5.77. The molecular weight excluding hydrogens is 230 g/mol. The average molecular weight is 247 g/mol. The molecule has 0 unspecified atom stereocenters. The first-order valence-corrected chi connectivity index (χ1v) is 6.71. The summed E-state index contributed by atoms with van der Waals surface area (Å²) in [7, 11) is 0. The SMILES string of the molecule is Cc1nc(CCc2ccccc2)sc1CCO. The van der Waals surface area contributed by atoms with E-state index < -0.39 is 0 Å². The molecule has 0 fully saturated rings. The highest BCUT2D eigenvalue weighted by Crippen LogP contribution is 2.20. The van der Waals surface area contributed by atoms with E-state index in [-0.39, 0.29) is 6.61 Å². The maximum absolute atomic E-state index is 8.94. The van der Waals surface area contributed by atoms with Crippen LogP contribution in [0.25, 0.3) is 0 Å². The molecule has 0 amide bonds. The molecule has 0 bridgehead atoms. The number of aryl methyl sites for hydroxylation is 3. The van der Waals surface area contributed by atoms with Crippen molar-refractivity contribution in [1.29, 1.82) is 0 Å². The lowest BCUT2D eigenvalue weighted by Crippen LogP contribution is -1.90. The lowest BCUT2D eigenvalue weighted by atomic mass is 10.1. The van der Waals surface area contributed by atoms with Gasteiger partial charge in [0, 0.05) is 24.3 Å². The lowest BCUT2D eigenvalue weighted by Gasteiger charge is -1.97. The van der Waals surface area contributed by atoms with E-state index in [1.807, 2.05) is 13.0 Å². The molecule has 2 aromatic rings. The molecule has 3 heteroatoms. The Labute approximate surface area is 106 Å². The molecule has 90 valence electrons. The van der Waals surface area contributed by atoms with E-state index >= 15 is 0 Å². The minimum absolute atomic E-state index is 0.209. The van der Waals surface area contributed by atoms with Crippen LogP contribution in [0.4, 0.5) is 0 Å². The van der Waals surface area contributed by atoms with Crippen LogP contribution in [0.15, 0.2) is 30.3 Å². The van der Waals surface area contributed by atoms with Gasteiger partial charge in [-0.3, -0.25) is 0 Å². The van der Waals surface area contributed by atoms with Crippen LogP contribution in [0.2, 0.25) is 0 Å². The maximum atomic E-state index is 8.94. The quantitative estimate of drug-likeness (QED) is 0.881. The summed E-state index contributed by atoms with van der Waals surface area (Å²) >= 11 is 1.73. The smallest absolute Gasteiger partial charge is 0.0934 e. The molecule has 1 aromatic heterocycles. The lowest BCUT2D eigenvalue weighted by molar-refractivity contribution is 0.300.